The minimum Gasteiger partial charge on any atom is -0.355 e. The normalized spacial score (nSPS) is 26.7. The van der Waals surface area contributed by atoms with Crippen LogP contribution in [0.15, 0.2) is 0 Å². The van der Waals surface area contributed by atoms with Crippen molar-refractivity contribution in [3.05, 3.63) is 0 Å². The molecular weight excluding hydrogens is 128 g/mol. The van der Waals surface area contributed by atoms with Gasteiger partial charge in [0.15, 0.2) is 0 Å². The number of ether oxygens (including phenoxy) is 2. The topological polar surface area (TPSA) is 18.5 Å². The Hall–Kier alpha value is -0.0800. The van der Waals surface area contributed by atoms with Gasteiger partial charge in [0.25, 0.3) is 0 Å². The smallest absolute Gasteiger partial charge is 0.147 e. The van der Waals surface area contributed by atoms with Gasteiger partial charge in [-0.25, -0.2) is 0 Å². The lowest BCUT2D eigenvalue weighted by molar-refractivity contribution is -0.140. The zero-order valence-corrected chi connectivity index (χ0v) is 6.64. The summed E-state index contributed by atoms with van der Waals surface area (Å²) in [4.78, 5) is 0. The maximum Gasteiger partial charge on any atom is 0.147 e. The van der Waals surface area contributed by atoms with Crippen molar-refractivity contribution in [3.63, 3.8) is 0 Å². The lowest BCUT2D eigenvalue weighted by Gasteiger charge is -2.22. The summed E-state index contributed by atoms with van der Waals surface area (Å²) >= 11 is 0. The summed E-state index contributed by atoms with van der Waals surface area (Å²) < 4.78 is 10.4. The molecule has 1 saturated heterocycles. The Morgan fingerprint density at radius 3 is 3.00 bits per heavy atom. The molecule has 0 bridgehead atoms. The van der Waals surface area contributed by atoms with Crippen molar-refractivity contribution in [3.8, 4) is 0 Å². The summed E-state index contributed by atoms with van der Waals surface area (Å²) in [6.07, 6.45) is 5.32. The van der Waals surface area contributed by atoms with Crippen LogP contribution in [0.25, 0.3) is 0 Å². The SMILES string of the molecule is CCCCC1CCOCO1. The van der Waals surface area contributed by atoms with E-state index >= 15 is 0 Å². The second-order valence-electron chi connectivity index (χ2n) is 2.75. The summed E-state index contributed by atoms with van der Waals surface area (Å²) in [6.45, 7) is 3.60. The molecule has 1 aliphatic rings. The molecule has 0 spiro atoms. The van der Waals surface area contributed by atoms with Gasteiger partial charge in [0.1, 0.15) is 6.79 Å². The number of rotatable bonds is 3. The number of hydrogen-bond acceptors (Lipinski definition) is 2. The van der Waals surface area contributed by atoms with Crippen molar-refractivity contribution in [1.82, 2.24) is 0 Å². The Morgan fingerprint density at radius 2 is 2.40 bits per heavy atom. The highest BCUT2D eigenvalue weighted by Crippen LogP contribution is 2.12. The molecule has 0 aliphatic carbocycles. The monoisotopic (exact) mass is 144 g/mol. The third kappa shape index (κ3) is 2.67. The lowest BCUT2D eigenvalue weighted by atomic mass is 10.1. The second-order valence-corrected chi connectivity index (χ2v) is 2.75. The van der Waals surface area contributed by atoms with Crippen LogP contribution in [0, 0.1) is 0 Å². The molecule has 60 valence electrons. The van der Waals surface area contributed by atoms with E-state index in [4.69, 9.17) is 9.47 Å². The molecule has 1 aliphatic heterocycles. The van der Waals surface area contributed by atoms with Gasteiger partial charge < -0.3 is 9.47 Å². The van der Waals surface area contributed by atoms with Gasteiger partial charge in [-0.1, -0.05) is 19.8 Å². The van der Waals surface area contributed by atoms with Gasteiger partial charge in [0.2, 0.25) is 0 Å². The second kappa shape index (κ2) is 4.69. The Morgan fingerprint density at radius 1 is 1.50 bits per heavy atom. The van der Waals surface area contributed by atoms with E-state index in [-0.39, 0.29) is 0 Å². The van der Waals surface area contributed by atoms with Gasteiger partial charge in [0.05, 0.1) is 12.7 Å². The Bertz CT molecular complexity index is 77.3. The minimum atomic E-state index is 0.480. The minimum absolute atomic E-state index is 0.480. The van der Waals surface area contributed by atoms with E-state index in [1.807, 2.05) is 0 Å². The van der Waals surface area contributed by atoms with E-state index in [2.05, 4.69) is 6.92 Å². The van der Waals surface area contributed by atoms with E-state index in [0.29, 0.717) is 12.9 Å². The zero-order valence-electron chi connectivity index (χ0n) is 6.64. The van der Waals surface area contributed by atoms with Crippen LogP contribution in [0.1, 0.15) is 32.6 Å². The van der Waals surface area contributed by atoms with E-state index < -0.39 is 0 Å². The van der Waals surface area contributed by atoms with Crippen molar-refractivity contribution in [2.75, 3.05) is 13.4 Å². The van der Waals surface area contributed by atoms with Crippen molar-refractivity contribution >= 4 is 0 Å². The quantitative estimate of drug-likeness (QED) is 0.602. The van der Waals surface area contributed by atoms with Crippen LogP contribution in [0.4, 0.5) is 0 Å². The van der Waals surface area contributed by atoms with Crippen LogP contribution in [0.5, 0.6) is 0 Å². The maximum atomic E-state index is 5.36. The first kappa shape index (κ1) is 8.02. The molecule has 0 aromatic heterocycles. The highest BCUT2D eigenvalue weighted by molar-refractivity contribution is 4.59. The molecule has 1 fully saturated rings. The molecule has 1 rings (SSSR count). The average Bonchev–Trinajstić information content (AvgIpc) is 2.03. The molecular formula is C8H16O2. The van der Waals surface area contributed by atoms with Gasteiger partial charge in [-0.2, -0.15) is 0 Å². The molecule has 0 amide bonds. The molecule has 1 unspecified atom stereocenters. The molecule has 0 aromatic rings. The molecule has 2 heteroatoms. The van der Waals surface area contributed by atoms with E-state index in [1.165, 1.54) is 19.3 Å². The summed E-state index contributed by atoms with van der Waals surface area (Å²) in [6, 6.07) is 0. The number of hydrogen-bond donors (Lipinski definition) is 0. The molecule has 1 atom stereocenters. The fraction of sp³-hybridized carbons (Fsp3) is 1.00. The van der Waals surface area contributed by atoms with Crippen LogP contribution in [0.2, 0.25) is 0 Å². The first-order chi connectivity index (χ1) is 4.93. The third-order valence-corrected chi connectivity index (χ3v) is 1.85. The van der Waals surface area contributed by atoms with Crippen LogP contribution in [-0.4, -0.2) is 19.5 Å². The van der Waals surface area contributed by atoms with Crippen molar-refractivity contribution in [2.45, 2.75) is 38.7 Å². The lowest BCUT2D eigenvalue weighted by Crippen LogP contribution is -2.23. The summed E-state index contributed by atoms with van der Waals surface area (Å²) in [5.74, 6) is 0. The number of unbranched alkanes of at least 4 members (excludes halogenated alkanes) is 1. The third-order valence-electron chi connectivity index (χ3n) is 1.85. The zero-order chi connectivity index (χ0) is 7.23. The van der Waals surface area contributed by atoms with E-state index in [9.17, 15) is 0 Å². The first-order valence-electron chi connectivity index (χ1n) is 4.13. The molecule has 10 heavy (non-hydrogen) atoms. The van der Waals surface area contributed by atoms with Gasteiger partial charge in [-0.15, -0.1) is 0 Å². The van der Waals surface area contributed by atoms with E-state index in [1.54, 1.807) is 0 Å². The molecule has 0 N–H and O–H groups in total. The molecule has 0 radical (unpaired) electrons. The highest BCUT2D eigenvalue weighted by atomic mass is 16.7. The molecule has 0 aromatic carbocycles. The standard InChI is InChI=1S/C8H16O2/c1-2-3-4-8-5-6-9-7-10-8/h8H,2-7H2,1H3. The van der Waals surface area contributed by atoms with Crippen molar-refractivity contribution in [1.29, 1.82) is 0 Å². The highest BCUT2D eigenvalue weighted by Gasteiger charge is 2.12. The van der Waals surface area contributed by atoms with Gasteiger partial charge in [-0.05, 0) is 12.8 Å². The predicted molar refractivity (Wildman–Crippen MR) is 39.8 cm³/mol. The van der Waals surface area contributed by atoms with E-state index in [0.717, 1.165) is 13.0 Å². The first-order valence-corrected chi connectivity index (χ1v) is 4.13. The molecule has 0 saturated carbocycles. The molecule has 2 nitrogen and oxygen atoms in total. The predicted octanol–water partition coefficient (Wildman–Crippen LogP) is 1.94. The Kier molecular flexibility index (Phi) is 3.76. The van der Waals surface area contributed by atoms with Gasteiger partial charge in [-0.3, -0.25) is 0 Å². The van der Waals surface area contributed by atoms with Crippen LogP contribution >= 0.6 is 0 Å². The summed E-state index contributed by atoms with van der Waals surface area (Å²) in [7, 11) is 0. The van der Waals surface area contributed by atoms with Gasteiger partial charge in [0, 0.05) is 0 Å². The summed E-state index contributed by atoms with van der Waals surface area (Å²) in [5, 5.41) is 0. The van der Waals surface area contributed by atoms with Crippen molar-refractivity contribution in [2.24, 2.45) is 0 Å². The molecule has 1 heterocycles. The Labute approximate surface area is 62.5 Å². The fourth-order valence-electron chi connectivity index (χ4n) is 1.16. The van der Waals surface area contributed by atoms with Crippen LogP contribution < -0.4 is 0 Å². The maximum absolute atomic E-state index is 5.36. The van der Waals surface area contributed by atoms with Crippen LogP contribution in [-0.2, 0) is 9.47 Å². The average molecular weight is 144 g/mol. The largest absolute Gasteiger partial charge is 0.355 e. The van der Waals surface area contributed by atoms with Crippen molar-refractivity contribution < 1.29 is 9.47 Å². The van der Waals surface area contributed by atoms with Gasteiger partial charge >= 0.3 is 0 Å². The summed E-state index contributed by atoms with van der Waals surface area (Å²) in [5.41, 5.74) is 0. The Balaban J connectivity index is 2.02. The fourth-order valence-corrected chi connectivity index (χ4v) is 1.16. The van der Waals surface area contributed by atoms with Crippen LogP contribution in [0.3, 0.4) is 0 Å².